The zero-order valence-electron chi connectivity index (χ0n) is 13.4. The van der Waals surface area contributed by atoms with E-state index in [1.54, 1.807) is 23.5 Å². The van der Waals surface area contributed by atoms with Crippen LogP contribution in [0.15, 0.2) is 58.4 Å². The van der Waals surface area contributed by atoms with Crippen molar-refractivity contribution in [1.82, 2.24) is 15.1 Å². The summed E-state index contributed by atoms with van der Waals surface area (Å²) in [4.78, 5) is 9.01. The molecule has 2 aromatic heterocycles. The monoisotopic (exact) mass is 351 g/mol. The van der Waals surface area contributed by atoms with E-state index in [-0.39, 0.29) is 5.82 Å². The predicted octanol–water partition coefficient (Wildman–Crippen LogP) is 4.90. The average Bonchev–Trinajstić information content (AvgIpc) is 3.27. The second kappa shape index (κ2) is 6.57. The molecule has 4 aromatic rings. The van der Waals surface area contributed by atoms with E-state index in [2.05, 4.69) is 46.3 Å². The van der Waals surface area contributed by atoms with Crippen LogP contribution in [-0.4, -0.2) is 15.1 Å². The number of hydrogen-bond acceptors (Lipinski definition) is 5. The number of nitrogens with zero attached hydrogens (tertiary/aromatic N) is 3. The summed E-state index contributed by atoms with van der Waals surface area (Å²) < 4.78 is 18.3. The normalized spacial score (nSPS) is 11.0. The smallest absolute Gasteiger partial charge is 0.233 e. The first-order valence-electron chi connectivity index (χ1n) is 7.77. The number of aryl methyl sites for hydroxylation is 1. The van der Waals surface area contributed by atoms with Gasteiger partial charge in [0.05, 0.1) is 12.1 Å². The maximum atomic E-state index is 13.0. The van der Waals surface area contributed by atoms with E-state index in [1.807, 2.05) is 5.38 Å². The summed E-state index contributed by atoms with van der Waals surface area (Å²) in [5, 5.41) is 6.89. The number of benzene rings is 2. The van der Waals surface area contributed by atoms with Crippen molar-refractivity contribution in [2.24, 2.45) is 0 Å². The third kappa shape index (κ3) is 3.49. The number of aromatic nitrogens is 3. The molecule has 0 aliphatic carbocycles. The molecule has 0 N–H and O–H groups in total. The van der Waals surface area contributed by atoms with Gasteiger partial charge < -0.3 is 4.52 Å². The van der Waals surface area contributed by atoms with Crippen LogP contribution in [-0.2, 0) is 6.42 Å². The van der Waals surface area contributed by atoms with Crippen LogP contribution >= 0.6 is 11.3 Å². The van der Waals surface area contributed by atoms with E-state index in [4.69, 9.17) is 4.52 Å². The lowest BCUT2D eigenvalue weighted by atomic mass is 10.1. The molecule has 2 aromatic carbocycles. The highest BCUT2D eigenvalue weighted by Gasteiger charge is 2.12. The largest absolute Gasteiger partial charge is 0.339 e. The second-order valence-electron chi connectivity index (χ2n) is 5.69. The maximum absolute atomic E-state index is 13.0. The van der Waals surface area contributed by atoms with E-state index in [0.717, 1.165) is 21.8 Å². The Kier molecular flexibility index (Phi) is 4.11. The Morgan fingerprint density at radius 3 is 2.44 bits per heavy atom. The molecular weight excluding hydrogens is 337 g/mol. The summed E-state index contributed by atoms with van der Waals surface area (Å²) in [7, 11) is 0. The van der Waals surface area contributed by atoms with Gasteiger partial charge in [0.15, 0.2) is 0 Å². The molecule has 0 atom stereocenters. The average molecular weight is 351 g/mol. The Bertz CT molecular complexity index is 908. The molecule has 4 nitrogen and oxygen atoms in total. The predicted molar refractivity (Wildman–Crippen MR) is 94.8 cm³/mol. The first kappa shape index (κ1) is 15.7. The van der Waals surface area contributed by atoms with Crippen molar-refractivity contribution in [2.45, 2.75) is 13.3 Å². The summed E-state index contributed by atoms with van der Waals surface area (Å²) in [6.45, 7) is 2.06. The van der Waals surface area contributed by atoms with Crippen molar-refractivity contribution in [2.75, 3.05) is 0 Å². The van der Waals surface area contributed by atoms with Gasteiger partial charge in [-0.1, -0.05) is 35.0 Å². The first-order valence-corrected chi connectivity index (χ1v) is 8.65. The van der Waals surface area contributed by atoms with E-state index in [1.165, 1.54) is 17.7 Å². The van der Waals surface area contributed by atoms with Gasteiger partial charge in [-0.25, -0.2) is 9.37 Å². The third-order valence-corrected chi connectivity index (χ3v) is 4.62. The fraction of sp³-hybridized carbons (Fsp3) is 0.105. The van der Waals surface area contributed by atoms with Crippen LogP contribution in [0.4, 0.5) is 4.39 Å². The molecular formula is C19H14FN3OS. The second-order valence-corrected chi connectivity index (χ2v) is 6.63. The summed E-state index contributed by atoms with van der Waals surface area (Å²) in [6.07, 6.45) is 0.477. The quantitative estimate of drug-likeness (QED) is 0.525. The molecule has 4 rings (SSSR count). The van der Waals surface area contributed by atoms with Gasteiger partial charge in [-0.2, -0.15) is 4.98 Å². The minimum atomic E-state index is -0.293. The van der Waals surface area contributed by atoms with Gasteiger partial charge in [0.2, 0.25) is 11.7 Å². The van der Waals surface area contributed by atoms with E-state index >= 15 is 0 Å². The molecule has 0 aliphatic rings. The van der Waals surface area contributed by atoms with Gasteiger partial charge in [-0.05, 0) is 31.2 Å². The summed E-state index contributed by atoms with van der Waals surface area (Å²) >= 11 is 1.56. The van der Waals surface area contributed by atoms with Crippen molar-refractivity contribution in [3.63, 3.8) is 0 Å². The molecule has 0 aliphatic heterocycles. The number of halogens is 1. The van der Waals surface area contributed by atoms with Gasteiger partial charge in [-0.3, -0.25) is 0 Å². The molecule has 0 spiro atoms. The van der Waals surface area contributed by atoms with Crippen LogP contribution in [0.2, 0.25) is 0 Å². The molecule has 124 valence electrons. The van der Waals surface area contributed by atoms with Crippen LogP contribution in [0.5, 0.6) is 0 Å². The van der Waals surface area contributed by atoms with Crippen LogP contribution in [0, 0.1) is 12.7 Å². The van der Waals surface area contributed by atoms with Gasteiger partial charge in [-0.15, -0.1) is 11.3 Å². The highest BCUT2D eigenvalue weighted by molar-refractivity contribution is 7.10. The topological polar surface area (TPSA) is 51.8 Å². The van der Waals surface area contributed by atoms with Crippen molar-refractivity contribution in [1.29, 1.82) is 0 Å². The lowest BCUT2D eigenvalue weighted by molar-refractivity contribution is 0.385. The Hall–Kier alpha value is -2.86. The Morgan fingerprint density at radius 2 is 1.68 bits per heavy atom. The fourth-order valence-electron chi connectivity index (χ4n) is 2.42. The van der Waals surface area contributed by atoms with Crippen LogP contribution in [0.1, 0.15) is 16.5 Å². The van der Waals surface area contributed by atoms with Crippen molar-refractivity contribution in [3.05, 3.63) is 76.2 Å². The minimum Gasteiger partial charge on any atom is -0.339 e. The molecule has 0 unspecified atom stereocenters. The molecule has 0 fully saturated rings. The molecule has 0 saturated heterocycles. The minimum absolute atomic E-state index is 0.293. The Morgan fingerprint density at radius 1 is 0.960 bits per heavy atom. The zero-order valence-corrected chi connectivity index (χ0v) is 14.3. The SMILES string of the molecule is Cc1ccc(-c2csc(Cc3nc(-c4ccc(F)cc4)no3)n2)cc1. The summed E-state index contributed by atoms with van der Waals surface area (Å²) in [6, 6.07) is 14.3. The molecule has 0 saturated carbocycles. The number of rotatable bonds is 4. The summed E-state index contributed by atoms with van der Waals surface area (Å²) in [5.41, 5.74) is 3.97. The number of hydrogen-bond donors (Lipinski definition) is 0. The van der Waals surface area contributed by atoms with Crippen LogP contribution < -0.4 is 0 Å². The standard InChI is InChI=1S/C19H14FN3OS/c1-12-2-4-13(5-3-12)16-11-25-18(21-16)10-17-22-19(23-24-17)14-6-8-15(20)9-7-14/h2-9,11H,10H2,1H3. The van der Waals surface area contributed by atoms with Gasteiger partial charge >= 0.3 is 0 Å². The first-order chi connectivity index (χ1) is 12.2. The Balaban J connectivity index is 1.51. The maximum Gasteiger partial charge on any atom is 0.233 e. The van der Waals surface area contributed by atoms with E-state index in [9.17, 15) is 4.39 Å². The van der Waals surface area contributed by atoms with E-state index < -0.39 is 0 Å². The molecule has 6 heteroatoms. The van der Waals surface area contributed by atoms with Crippen molar-refractivity contribution < 1.29 is 8.91 Å². The van der Waals surface area contributed by atoms with Gasteiger partial charge in [0.25, 0.3) is 0 Å². The van der Waals surface area contributed by atoms with Crippen LogP contribution in [0.25, 0.3) is 22.6 Å². The van der Waals surface area contributed by atoms with Crippen molar-refractivity contribution in [3.8, 4) is 22.6 Å². The highest BCUT2D eigenvalue weighted by Crippen LogP contribution is 2.24. The van der Waals surface area contributed by atoms with Crippen LogP contribution in [0.3, 0.4) is 0 Å². The lowest BCUT2D eigenvalue weighted by Crippen LogP contribution is -1.88. The Labute approximate surface area is 148 Å². The fourth-order valence-corrected chi connectivity index (χ4v) is 3.22. The highest BCUT2D eigenvalue weighted by atomic mass is 32.1. The summed E-state index contributed by atoms with van der Waals surface area (Å²) in [5.74, 6) is 0.647. The number of thiazole rings is 1. The van der Waals surface area contributed by atoms with Gasteiger partial charge in [0, 0.05) is 16.5 Å². The van der Waals surface area contributed by atoms with Crippen molar-refractivity contribution >= 4 is 11.3 Å². The van der Waals surface area contributed by atoms with E-state index in [0.29, 0.717) is 18.1 Å². The molecule has 0 radical (unpaired) electrons. The molecule has 25 heavy (non-hydrogen) atoms. The zero-order chi connectivity index (χ0) is 17.2. The molecule has 0 amide bonds. The molecule has 0 bridgehead atoms. The lowest BCUT2D eigenvalue weighted by Gasteiger charge is -1.96. The molecule has 2 heterocycles. The van der Waals surface area contributed by atoms with Gasteiger partial charge in [0.1, 0.15) is 10.8 Å². The third-order valence-electron chi connectivity index (χ3n) is 3.77.